The van der Waals surface area contributed by atoms with Gasteiger partial charge in [-0.15, -0.1) is 11.3 Å². The minimum atomic E-state index is -0.304. The number of amides is 2. The van der Waals surface area contributed by atoms with Gasteiger partial charge in [0.15, 0.2) is 10.3 Å². The second kappa shape index (κ2) is 10.9. The van der Waals surface area contributed by atoms with E-state index in [0.29, 0.717) is 27.3 Å². The van der Waals surface area contributed by atoms with Gasteiger partial charge in [-0.3, -0.25) is 14.9 Å². The van der Waals surface area contributed by atoms with Gasteiger partial charge in [0, 0.05) is 5.38 Å². The molecule has 2 aromatic carbocycles. The maximum atomic E-state index is 12.7. The van der Waals surface area contributed by atoms with Crippen LogP contribution in [0, 0.1) is 6.92 Å². The Hall–Kier alpha value is -3.76. The van der Waals surface area contributed by atoms with Gasteiger partial charge in [0.2, 0.25) is 5.91 Å². The smallest absolute Gasteiger partial charge is 0.261 e. The van der Waals surface area contributed by atoms with E-state index >= 15 is 0 Å². The van der Waals surface area contributed by atoms with Crippen LogP contribution >= 0.6 is 22.7 Å². The van der Waals surface area contributed by atoms with E-state index in [1.165, 1.54) is 29.8 Å². The first-order chi connectivity index (χ1) is 16.5. The van der Waals surface area contributed by atoms with E-state index in [0.717, 1.165) is 16.3 Å². The topological polar surface area (TPSA) is 102 Å². The van der Waals surface area contributed by atoms with E-state index in [4.69, 9.17) is 9.47 Å². The Bertz CT molecular complexity index is 1290. The summed E-state index contributed by atoms with van der Waals surface area (Å²) in [5.41, 5.74) is 1.85. The predicted octanol–water partition coefficient (Wildman–Crippen LogP) is 5.24. The zero-order chi connectivity index (χ0) is 23.9. The minimum absolute atomic E-state index is 0.178. The first-order valence-corrected chi connectivity index (χ1v) is 12.1. The molecule has 4 rings (SSSR count). The fraction of sp³-hybridized carbons (Fsp3) is 0.167. The number of para-hydroxylation sites is 2. The second-order valence-corrected chi connectivity index (χ2v) is 8.94. The van der Waals surface area contributed by atoms with Gasteiger partial charge in [0.05, 0.1) is 42.0 Å². The highest BCUT2D eigenvalue weighted by atomic mass is 32.1. The van der Waals surface area contributed by atoms with Gasteiger partial charge in [0.25, 0.3) is 5.91 Å². The minimum Gasteiger partial charge on any atom is -0.496 e. The number of hydrogen-bond acceptors (Lipinski definition) is 8. The molecule has 0 radical (unpaired) electrons. The van der Waals surface area contributed by atoms with E-state index in [1.807, 2.05) is 42.6 Å². The number of rotatable bonds is 9. The number of benzene rings is 2. The number of nitrogens with zero attached hydrogens (tertiary/aromatic N) is 2. The number of carbonyl (C=O) groups is 2. The summed E-state index contributed by atoms with van der Waals surface area (Å²) in [7, 11) is 1.52. The van der Waals surface area contributed by atoms with Crippen LogP contribution in [0.25, 0.3) is 10.6 Å². The van der Waals surface area contributed by atoms with Crippen LogP contribution in [0.4, 0.5) is 10.3 Å². The highest BCUT2D eigenvalue weighted by molar-refractivity contribution is 7.20. The Morgan fingerprint density at radius 3 is 2.53 bits per heavy atom. The van der Waals surface area contributed by atoms with Crippen LogP contribution in [0.3, 0.4) is 0 Å². The molecule has 0 atom stereocenters. The number of carbonyl (C=O) groups excluding carboxylic acids is 2. The lowest BCUT2D eigenvalue weighted by molar-refractivity contribution is -0.116. The van der Waals surface area contributed by atoms with Crippen molar-refractivity contribution in [2.24, 2.45) is 0 Å². The van der Waals surface area contributed by atoms with E-state index in [9.17, 15) is 9.59 Å². The molecule has 0 unspecified atom stereocenters. The highest BCUT2D eigenvalue weighted by Crippen LogP contribution is 2.35. The molecule has 34 heavy (non-hydrogen) atoms. The van der Waals surface area contributed by atoms with Crippen molar-refractivity contribution in [2.75, 3.05) is 24.4 Å². The standard InChI is InChI=1S/C24H22N4O4S2/c1-15-21(34-24(25-15)28-22(30)17-10-6-7-11-19(17)31-2)18-14-33-23(26-18)27-20(29)12-13-32-16-8-4-3-5-9-16/h3-11,14H,12-13H2,1-2H3,(H,25,28,30)(H,26,27,29). The first kappa shape index (κ1) is 23.4. The third-order valence-corrected chi connectivity index (χ3v) is 6.55. The molecule has 174 valence electrons. The SMILES string of the molecule is COc1ccccc1C(=O)Nc1nc(C)c(-c2csc(NC(=O)CCOc3ccccc3)n2)s1. The Labute approximate surface area is 204 Å². The summed E-state index contributed by atoms with van der Waals surface area (Å²) >= 11 is 2.65. The summed E-state index contributed by atoms with van der Waals surface area (Å²) in [6.45, 7) is 2.13. The van der Waals surface area contributed by atoms with Crippen LogP contribution in [0.5, 0.6) is 11.5 Å². The van der Waals surface area contributed by atoms with E-state index in [1.54, 1.807) is 24.3 Å². The summed E-state index contributed by atoms with van der Waals surface area (Å²) in [5.74, 6) is 0.730. The van der Waals surface area contributed by atoms with Gasteiger partial charge >= 0.3 is 0 Å². The normalized spacial score (nSPS) is 10.5. The largest absolute Gasteiger partial charge is 0.496 e. The van der Waals surface area contributed by atoms with Crippen molar-refractivity contribution in [2.45, 2.75) is 13.3 Å². The van der Waals surface area contributed by atoms with Gasteiger partial charge in [0.1, 0.15) is 11.5 Å². The molecular formula is C24H22N4O4S2. The van der Waals surface area contributed by atoms with Crippen molar-refractivity contribution in [3.8, 4) is 22.1 Å². The number of hydrogen-bond donors (Lipinski definition) is 2. The van der Waals surface area contributed by atoms with Gasteiger partial charge in [-0.2, -0.15) is 0 Å². The van der Waals surface area contributed by atoms with Gasteiger partial charge in [-0.05, 0) is 31.2 Å². The van der Waals surface area contributed by atoms with Crippen molar-refractivity contribution in [1.29, 1.82) is 0 Å². The maximum absolute atomic E-state index is 12.7. The predicted molar refractivity (Wildman–Crippen MR) is 134 cm³/mol. The summed E-state index contributed by atoms with van der Waals surface area (Å²) in [5, 5.41) is 8.42. The summed E-state index contributed by atoms with van der Waals surface area (Å²) < 4.78 is 10.8. The van der Waals surface area contributed by atoms with E-state index in [2.05, 4.69) is 20.6 Å². The van der Waals surface area contributed by atoms with Crippen LogP contribution in [0.2, 0.25) is 0 Å². The Balaban J connectivity index is 1.36. The zero-order valence-corrected chi connectivity index (χ0v) is 20.2. The molecule has 0 aliphatic rings. The Kier molecular flexibility index (Phi) is 7.51. The lowest BCUT2D eigenvalue weighted by atomic mass is 10.2. The van der Waals surface area contributed by atoms with Crippen LogP contribution in [-0.2, 0) is 4.79 Å². The molecule has 2 heterocycles. The van der Waals surface area contributed by atoms with Gasteiger partial charge in [-0.25, -0.2) is 9.97 Å². The molecule has 0 spiro atoms. The molecular weight excluding hydrogens is 472 g/mol. The number of ether oxygens (including phenoxy) is 2. The lowest BCUT2D eigenvalue weighted by Gasteiger charge is -2.06. The average molecular weight is 495 g/mol. The number of nitrogens with one attached hydrogen (secondary N) is 2. The van der Waals surface area contributed by atoms with Crippen LogP contribution in [0.15, 0.2) is 60.0 Å². The Morgan fingerprint density at radius 2 is 1.74 bits per heavy atom. The van der Waals surface area contributed by atoms with E-state index < -0.39 is 0 Å². The Morgan fingerprint density at radius 1 is 0.971 bits per heavy atom. The molecule has 0 fully saturated rings. The van der Waals surface area contributed by atoms with Crippen molar-refractivity contribution < 1.29 is 19.1 Å². The third kappa shape index (κ3) is 5.77. The third-order valence-electron chi connectivity index (χ3n) is 4.69. The number of anilines is 2. The van der Waals surface area contributed by atoms with Crippen molar-refractivity contribution >= 4 is 44.8 Å². The molecule has 0 saturated carbocycles. The first-order valence-electron chi connectivity index (χ1n) is 10.4. The molecule has 0 aliphatic carbocycles. The molecule has 10 heteroatoms. The van der Waals surface area contributed by atoms with Crippen molar-refractivity contribution in [3.05, 3.63) is 71.2 Å². The molecule has 2 N–H and O–H groups in total. The van der Waals surface area contributed by atoms with Crippen LogP contribution < -0.4 is 20.1 Å². The van der Waals surface area contributed by atoms with E-state index in [-0.39, 0.29) is 24.8 Å². The number of aromatic nitrogens is 2. The fourth-order valence-electron chi connectivity index (χ4n) is 3.08. The maximum Gasteiger partial charge on any atom is 0.261 e. The average Bonchev–Trinajstić information content (AvgIpc) is 3.45. The van der Waals surface area contributed by atoms with Gasteiger partial charge < -0.3 is 14.8 Å². The molecule has 0 aliphatic heterocycles. The monoisotopic (exact) mass is 494 g/mol. The van der Waals surface area contributed by atoms with Crippen LogP contribution in [0.1, 0.15) is 22.5 Å². The second-order valence-electron chi connectivity index (χ2n) is 7.09. The summed E-state index contributed by atoms with van der Waals surface area (Å²) in [4.78, 5) is 34.7. The number of aryl methyl sites for hydroxylation is 1. The molecule has 0 bridgehead atoms. The van der Waals surface area contributed by atoms with Crippen LogP contribution in [-0.4, -0.2) is 35.5 Å². The summed E-state index contributed by atoms with van der Waals surface area (Å²) in [6, 6.07) is 16.3. The van der Waals surface area contributed by atoms with Crippen molar-refractivity contribution in [1.82, 2.24) is 9.97 Å². The quantitative estimate of drug-likeness (QED) is 0.330. The summed E-state index contributed by atoms with van der Waals surface area (Å²) in [6.07, 6.45) is 0.211. The number of thiazole rings is 2. The molecule has 2 amide bonds. The van der Waals surface area contributed by atoms with Crippen molar-refractivity contribution in [3.63, 3.8) is 0 Å². The number of methoxy groups -OCH3 is 1. The molecule has 4 aromatic rings. The molecule has 0 saturated heterocycles. The zero-order valence-electron chi connectivity index (χ0n) is 18.5. The van der Waals surface area contributed by atoms with Gasteiger partial charge in [-0.1, -0.05) is 41.7 Å². The highest BCUT2D eigenvalue weighted by Gasteiger charge is 2.18. The molecule has 2 aromatic heterocycles. The lowest BCUT2D eigenvalue weighted by Crippen LogP contribution is -2.15. The molecule has 8 nitrogen and oxygen atoms in total. The fourth-order valence-corrected chi connectivity index (χ4v) is 4.79.